The molecule has 1 saturated carbocycles. The molecule has 0 atom stereocenters. The molecular weight excluding hydrogens is 470 g/mol. The fourth-order valence-electron chi connectivity index (χ4n) is 5.12. The number of anilines is 1. The van der Waals surface area contributed by atoms with E-state index in [1.54, 1.807) is 11.3 Å². The zero-order chi connectivity index (χ0) is 23.7. The normalized spacial score (nSPS) is 25.6. The second-order valence-corrected chi connectivity index (χ2v) is 11.1. The van der Waals surface area contributed by atoms with E-state index in [-0.39, 0.29) is 13.1 Å². The Labute approximate surface area is 211 Å². The van der Waals surface area contributed by atoms with Gasteiger partial charge >= 0.3 is 0 Å². The van der Waals surface area contributed by atoms with Crippen LogP contribution in [0.15, 0.2) is 11.9 Å². The van der Waals surface area contributed by atoms with E-state index in [4.69, 9.17) is 42.1 Å². The first-order chi connectivity index (χ1) is 16.5. The molecule has 0 bridgehead atoms. The summed E-state index contributed by atoms with van der Waals surface area (Å²) in [6.45, 7) is 8.60. The Morgan fingerprint density at radius 1 is 1.26 bits per heavy atom. The number of thiocarbonyl (C=S) groups is 1. The number of rotatable bonds is 6. The minimum atomic E-state index is -0.224. The highest BCUT2D eigenvalue weighted by Gasteiger charge is 2.33. The SMILES string of the molecule is CC1(C)Cc2c(sc3nc(N/C(C=S)=C/N)nc(OC4CCC(N5CCOCC5)CC4)c23)CO1.[HH]. The van der Waals surface area contributed by atoms with Crippen molar-refractivity contribution in [3.05, 3.63) is 22.3 Å². The van der Waals surface area contributed by atoms with Crippen LogP contribution in [0.2, 0.25) is 0 Å². The van der Waals surface area contributed by atoms with Crippen molar-refractivity contribution in [1.29, 1.82) is 0 Å². The Balaban J connectivity index is 0.00000289. The molecule has 186 valence electrons. The van der Waals surface area contributed by atoms with Crippen molar-refractivity contribution in [2.45, 2.75) is 70.3 Å². The lowest BCUT2D eigenvalue weighted by molar-refractivity contribution is -0.0379. The van der Waals surface area contributed by atoms with E-state index in [0.29, 0.717) is 30.2 Å². The average Bonchev–Trinajstić information content (AvgIpc) is 3.20. The van der Waals surface area contributed by atoms with Crippen LogP contribution in [0, 0.1) is 0 Å². The van der Waals surface area contributed by atoms with Crippen LogP contribution in [0.1, 0.15) is 51.4 Å². The molecule has 2 aromatic rings. The molecule has 4 heterocycles. The van der Waals surface area contributed by atoms with Crippen LogP contribution in [0.25, 0.3) is 10.2 Å². The van der Waals surface area contributed by atoms with Crippen molar-refractivity contribution in [3.8, 4) is 5.88 Å². The number of nitrogens with one attached hydrogen (secondary N) is 1. The number of fused-ring (bicyclic) bond motifs is 3. The molecule has 2 fully saturated rings. The highest BCUT2D eigenvalue weighted by molar-refractivity contribution is 7.79. The zero-order valence-corrected chi connectivity index (χ0v) is 21.5. The van der Waals surface area contributed by atoms with Crippen molar-refractivity contribution < 1.29 is 15.6 Å². The maximum Gasteiger partial charge on any atom is 0.231 e. The van der Waals surface area contributed by atoms with E-state index in [2.05, 4.69) is 24.1 Å². The highest BCUT2D eigenvalue weighted by atomic mass is 32.1. The van der Waals surface area contributed by atoms with Gasteiger partial charge in [-0.15, -0.1) is 11.3 Å². The maximum absolute atomic E-state index is 6.63. The smallest absolute Gasteiger partial charge is 0.231 e. The summed E-state index contributed by atoms with van der Waals surface area (Å²) in [6, 6.07) is 0.623. The molecule has 1 aliphatic carbocycles. The van der Waals surface area contributed by atoms with Crippen LogP contribution in [-0.2, 0) is 22.5 Å². The predicted molar refractivity (Wildman–Crippen MR) is 141 cm³/mol. The lowest BCUT2D eigenvalue weighted by Crippen LogP contribution is -2.46. The largest absolute Gasteiger partial charge is 0.474 e. The lowest BCUT2D eigenvalue weighted by atomic mass is 9.91. The Morgan fingerprint density at radius 2 is 2.03 bits per heavy atom. The van der Waals surface area contributed by atoms with Gasteiger partial charge in [-0.25, -0.2) is 4.98 Å². The van der Waals surface area contributed by atoms with E-state index in [1.807, 2.05) is 0 Å². The molecule has 2 aliphatic heterocycles. The first-order valence-electron chi connectivity index (χ1n) is 12.0. The molecule has 3 aliphatic rings. The van der Waals surface area contributed by atoms with Gasteiger partial charge in [-0.3, -0.25) is 4.90 Å². The number of aromatic nitrogens is 2. The predicted octanol–water partition coefficient (Wildman–Crippen LogP) is 4.02. The van der Waals surface area contributed by atoms with Gasteiger partial charge in [0.1, 0.15) is 10.9 Å². The molecule has 8 nitrogen and oxygen atoms in total. The first-order valence-corrected chi connectivity index (χ1v) is 13.3. The highest BCUT2D eigenvalue weighted by Crippen LogP contribution is 2.43. The van der Waals surface area contributed by atoms with Crippen molar-refractivity contribution in [3.63, 3.8) is 0 Å². The van der Waals surface area contributed by atoms with Gasteiger partial charge in [0.05, 0.1) is 36.5 Å². The third kappa shape index (κ3) is 5.06. The monoisotopic (exact) mass is 505 g/mol. The summed E-state index contributed by atoms with van der Waals surface area (Å²) in [5, 5.41) is 5.63. The Kier molecular flexibility index (Phi) is 7.04. The molecule has 0 amide bonds. The summed E-state index contributed by atoms with van der Waals surface area (Å²) >= 11 is 6.69. The molecule has 0 aromatic carbocycles. The summed E-state index contributed by atoms with van der Waals surface area (Å²) < 4.78 is 18.2. The Morgan fingerprint density at radius 3 is 2.74 bits per heavy atom. The summed E-state index contributed by atoms with van der Waals surface area (Å²) in [6.07, 6.45) is 6.68. The number of allylic oxidation sites excluding steroid dienone is 1. The molecule has 0 radical (unpaired) electrons. The van der Waals surface area contributed by atoms with Crippen LogP contribution >= 0.6 is 23.6 Å². The number of hydrogen-bond donors (Lipinski definition) is 2. The molecule has 5 rings (SSSR count). The molecule has 34 heavy (non-hydrogen) atoms. The average molecular weight is 506 g/mol. The van der Waals surface area contributed by atoms with Gasteiger partial charge in [0.2, 0.25) is 11.8 Å². The lowest BCUT2D eigenvalue weighted by Gasteiger charge is -2.38. The summed E-state index contributed by atoms with van der Waals surface area (Å²) in [7, 11) is 0. The van der Waals surface area contributed by atoms with E-state index < -0.39 is 0 Å². The van der Waals surface area contributed by atoms with Gasteiger partial charge < -0.3 is 25.3 Å². The topological polar surface area (TPSA) is 94.8 Å². The van der Waals surface area contributed by atoms with Crippen LogP contribution in [0.4, 0.5) is 5.95 Å². The third-order valence-corrected chi connectivity index (χ3v) is 8.30. The minimum absolute atomic E-state index is 0. The Hall–Kier alpha value is -1.85. The van der Waals surface area contributed by atoms with E-state index in [0.717, 1.165) is 68.6 Å². The minimum Gasteiger partial charge on any atom is -0.474 e. The zero-order valence-electron chi connectivity index (χ0n) is 19.8. The van der Waals surface area contributed by atoms with Crippen molar-refractivity contribution in [2.24, 2.45) is 5.73 Å². The number of ether oxygens (including phenoxy) is 3. The fraction of sp³-hybridized carbons (Fsp3) is 0.625. The number of hydrogen-bond acceptors (Lipinski definition) is 10. The maximum atomic E-state index is 6.63. The Bertz CT molecular complexity index is 1080. The van der Waals surface area contributed by atoms with Crippen LogP contribution in [0.5, 0.6) is 5.88 Å². The van der Waals surface area contributed by atoms with E-state index >= 15 is 0 Å². The molecule has 2 aromatic heterocycles. The second kappa shape index (κ2) is 10.0. The number of nitrogens with two attached hydrogens (primary N) is 1. The fourth-order valence-corrected chi connectivity index (χ4v) is 6.35. The quantitative estimate of drug-likeness (QED) is 0.446. The molecule has 1 saturated heterocycles. The van der Waals surface area contributed by atoms with Crippen LogP contribution in [0.3, 0.4) is 0 Å². The summed E-state index contributed by atoms with van der Waals surface area (Å²) in [5.74, 6) is 1.10. The van der Waals surface area contributed by atoms with Crippen LogP contribution in [-0.4, -0.2) is 64.3 Å². The van der Waals surface area contributed by atoms with Gasteiger partial charge in [0.25, 0.3) is 0 Å². The molecule has 0 spiro atoms. The number of nitrogens with zero attached hydrogens (tertiary/aromatic N) is 3. The molecule has 0 unspecified atom stereocenters. The van der Waals surface area contributed by atoms with Crippen LogP contribution < -0.4 is 15.8 Å². The molecule has 3 N–H and O–H groups in total. The second-order valence-electron chi connectivity index (χ2n) is 9.82. The number of morpholine rings is 1. The van der Waals surface area contributed by atoms with E-state index in [1.165, 1.54) is 22.0 Å². The van der Waals surface area contributed by atoms with Crippen molar-refractivity contribution in [1.82, 2.24) is 14.9 Å². The number of thiophene rings is 1. The first kappa shape index (κ1) is 23.9. The standard InChI is InChI=1S/C24H33N5O3S2.H2/c1-24(2)11-18-19(13-31-24)34-22-20(18)21(27-23(28-22)26-15(12-25)14-33)32-17-5-3-16(4-6-17)29-7-9-30-10-8-29;/h12,14,16-17H,3-11,13,25H2,1-2H3,(H,26,27,28);1H/b15-12+;. The van der Waals surface area contributed by atoms with Crippen molar-refractivity contribution >= 4 is 45.1 Å². The molecule has 10 heteroatoms. The third-order valence-electron chi connectivity index (χ3n) is 6.94. The van der Waals surface area contributed by atoms with Gasteiger partial charge in [-0.2, -0.15) is 4.98 Å². The van der Waals surface area contributed by atoms with Crippen molar-refractivity contribution in [2.75, 3.05) is 31.6 Å². The summed E-state index contributed by atoms with van der Waals surface area (Å²) in [4.78, 5) is 14.3. The van der Waals surface area contributed by atoms with Gasteiger partial charge in [-0.1, -0.05) is 12.2 Å². The van der Waals surface area contributed by atoms with Gasteiger partial charge in [0.15, 0.2) is 0 Å². The van der Waals surface area contributed by atoms with Gasteiger partial charge in [0, 0.05) is 43.4 Å². The van der Waals surface area contributed by atoms with E-state index in [9.17, 15) is 0 Å². The van der Waals surface area contributed by atoms with Gasteiger partial charge in [-0.05, 0) is 45.1 Å². The molecular formula is C24H35N5O3S2. The summed E-state index contributed by atoms with van der Waals surface area (Å²) in [5.41, 5.74) is 7.29.